The van der Waals surface area contributed by atoms with Gasteiger partial charge < -0.3 is 30.0 Å². The maximum absolute atomic E-state index is 8.87. The molecule has 4 N–H and O–H groups in total. The van der Waals surface area contributed by atoms with Crippen molar-refractivity contribution in [3.63, 3.8) is 0 Å². The van der Waals surface area contributed by atoms with Gasteiger partial charge >= 0.3 is 1.43 Å². The zero-order valence-electron chi connectivity index (χ0n) is 14.2. The summed E-state index contributed by atoms with van der Waals surface area (Å²) in [5, 5.41) is 17.6. The maximum Gasteiger partial charge on any atom is 1.00 e. The summed E-state index contributed by atoms with van der Waals surface area (Å²) in [6, 6.07) is 0. The highest BCUT2D eigenvalue weighted by molar-refractivity contribution is 5.10. The Bertz CT molecular complexity index is 196. The Labute approximate surface area is 146 Å². The van der Waals surface area contributed by atoms with E-state index in [9.17, 15) is 0 Å². The van der Waals surface area contributed by atoms with E-state index in [-0.39, 0.29) is 41.4 Å². The summed E-state index contributed by atoms with van der Waals surface area (Å²) >= 11 is 0. The van der Waals surface area contributed by atoms with Crippen LogP contribution in [0, 0.1) is 0 Å². The molecule has 1 aliphatic heterocycles. The van der Waals surface area contributed by atoms with Crippen LogP contribution in [0.3, 0.4) is 0 Å². The minimum atomic E-state index is -0.370. The van der Waals surface area contributed by atoms with Crippen molar-refractivity contribution in [2.45, 2.75) is 100 Å². The third-order valence-electron chi connectivity index (χ3n) is 2.79. The Kier molecular flexibility index (Phi) is 43.8. The molecule has 4 atom stereocenters. The lowest BCUT2D eigenvalue weighted by atomic mass is 10.1. The predicted molar refractivity (Wildman–Crippen MR) is 99.8 cm³/mol. The zero-order chi connectivity index (χ0) is 15.3. The minimum Gasteiger partial charge on any atom is -0.412 e. The van der Waals surface area contributed by atoms with Crippen LogP contribution in [0.15, 0.2) is 0 Å². The standard InChI is InChI=1S/C7H14O2.C6H14O2.CH2O.3CH4.H2O/c1-3-7-4-6(2)8-5-9-7;1-3-6(8)4-5(2)7;1-2;;;;/h6-7H,3-5H2,1-2H3;5-8H,3-4H2,1-2H3;1H2;3*1H4;1H2/p+1. The molecule has 6 nitrogen and oxygen atoms in total. The molecule has 0 aromatic carbocycles. The lowest BCUT2D eigenvalue weighted by Gasteiger charge is -2.26. The molecule has 0 spiro atoms. The molecule has 148 valence electrons. The molecule has 0 radical (unpaired) electrons. The van der Waals surface area contributed by atoms with Gasteiger partial charge in [0.15, 0.2) is 0 Å². The molecule has 1 heterocycles. The molecule has 0 aromatic heterocycles. The first-order valence-corrected chi connectivity index (χ1v) is 6.87. The fourth-order valence-corrected chi connectivity index (χ4v) is 1.60. The molecule has 23 heavy (non-hydrogen) atoms. The molecule has 0 bridgehead atoms. The SMILES string of the molecule is C.C.C.C=O.CCC(O)CC(C)O.CCC1CC(C)OCO1.O.[H+]. The van der Waals surface area contributed by atoms with E-state index in [1.54, 1.807) is 6.92 Å². The molecule has 1 aliphatic rings. The summed E-state index contributed by atoms with van der Waals surface area (Å²) in [5.74, 6) is 0. The van der Waals surface area contributed by atoms with Gasteiger partial charge in [0.2, 0.25) is 0 Å². The highest BCUT2D eigenvalue weighted by Crippen LogP contribution is 2.14. The fraction of sp³-hybridized carbons (Fsp3) is 0.941. The monoisotopic (exact) mass is 345 g/mol. The average molecular weight is 346 g/mol. The largest absolute Gasteiger partial charge is 1.00 e. The fourth-order valence-electron chi connectivity index (χ4n) is 1.60. The molecular weight excluding hydrogens is 300 g/mol. The van der Waals surface area contributed by atoms with Gasteiger partial charge in [0.25, 0.3) is 0 Å². The number of rotatable bonds is 4. The van der Waals surface area contributed by atoms with Crippen LogP contribution in [0.5, 0.6) is 0 Å². The second-order valence-electron chi connectivity index (χ2n) is 4.67. The summed E-state index contributed by atoms with van der Waals surface area (Å²) in [6.07, 6.45) is 3.52. The van der Waals surface area contributed by atoms with Gasteiger partial charge in [-0.05, 0) is 39.5 Å². The molecular formula is C17H45O6+. The van der Waals surface area contributed by atoms with Crippen molar-refractivity contribution in [2.24, 2.45) is 0 Å². The quantitative estimate of drug-likeness (QED) is 0.814. The van der Waals surface area contributed by atoms with E-state index in [1.165, 1.54) is 0 Å². The first-order chi connectivity index (χ1) is 8.99. The lowest BCUT2D eigenvalue weighted by molar-refractivity contribution is -0.170. The number of aliphatic hydroxyl groups is 2. The van der Waals surface area contributed by atoms with Gasteiger partial charge in [-0.2, -0.15) is 0 Å². The Morgan fingerprint density at radius 1 is 1.17 bits per heavy atom. The van der Waals surface area contributed by atoms with Crippen molar-refractivity contribution in [3.8, 4) is 0 Å². The predicted octanol–water partition coefficient (Wildman–Crippen LogP) is 3.09. The summed E-state index contributed by atoms with van der Waals surface area (Å²) in [4.78, 5) is 8.00. The zero-order valence-corrected chi connectivity index (χ0v) is 13.2. The second-order valence-corrected chi connectivity index (χ2v) is 4.67. The third kappa shape index (κ3) is 26.7. The highest BCUT2D eigenvalue weighted by Gasteiger charge is 2.17. The van der Waals surface area contributed by atoms with Gasteiger partial charge in [0.05, 0.1) is 24.4 Å². The smallest absolute Gasteiger partial charge is 0.412 e. The summed E-state index contributed by atoms with van der Waals surface area (Å²) in [6.45, 7) is 10.3. The lowest BCUT2D eigenvalue weighted by Crippen LogP contribution is -2.28. The first-order valence-electron chi connectivity index (χ1n) is 6.87. The van der Waals surface area contributed by atoms with E-state index in [0.29, 0.717) is 25.4 Å². The van der Waals surface area contributed by atoms with Crippen molar-refractivity contribution in [2.75, 3.05) is 6.79 Å². The van der Waals surface area contributed by atoms with Crippen LogP contribution in [-0.2, 0) is 14.3 Å². The molecule has 1 fully saturated rings. The number of carbonyl (C=O) groups excluding carboxylic acids is 1. The van der Waals surface area contributed by atoms with E-state index in [2.05, 4.69) is 13.8 Å². The second kappa shape index (κ2) is 26.4. The minimum absolute atomic E-state index is 0. The Hall–Kier alpha value is -0.530. The van der Waals surface area contributed by atoms with Crippen LogP contribution >= 0.6 is 0 Å². The number of hydrogen-bond donors (Lipinski definition) is 2. The van der Waals surface area contributed by atoms with Gasteiger partial charge in [-0.25, -0.2) is 0 Å². The van der Waals surface area contributed by atoms with E-state index < -0.39 is 0 Å². The number of carbonyl (C=O) groups is 1. The van der Waals surface area contributed by atoms with E-state index in [0.717, 1.165) is 19.3 Å². The van der Waals surface area contributed by atoms with Gasteiger partial charge in [-0.1, -0.05) is 36.1 Å². The molecule has 0 amide bonds. The number of hydrogen-bond acceptors (Lipinski definition) is 5. The van der Waals surface area contributed by atoms with Crippen LogP contribution < -0.4 is 0 Å². The van der Waals surface area contributed by atoms with Crippen LogP contribution in [-0.4, -0.2) is 53.7 Å². The van der Waals surface area contributed by atoms with Crippen molar-refractivity contribution in [1.82, 2.24) is 0 Å². The van der Waals surface area contributed by atoms with Gasteiger partial charge in [0.1, 0.15) is 13.6 Å². The Morgan fingerprint density at radius 2 is 1.65 bits per heavy atom. The Morgan fingerprint density at radius 3 is 1.87 bits per heavy atom. The van der Waals surface area contributed by atoms with Gasteiger partial charge in [0, 0.05) is 0 Å². The van der Waals surface area contributed by atoms with Crippen molar-refractivity contribution < 1.29 is 31.4 Å². The van der Waals surface area contributed by atoms with E-state index >= 15 is 0 Å². The molecule has 1 rings (SSSR count). The third-order valence-corrected chi connectivity index (χ3v) is 2.79. The summed E-state index contributed by atoms with van der Waals surface area (Å²) < 4.78 is 10.5. The molecule has 0 saturated carbocycles. The van der Waals surface area contributed by atoms with Crippen LogP contribution in [0.1, 0.15) is 77.1 Å². The van der Waals surface area contributed by atoms with Crippen LogP contribution in [0.2, 0.25) is 0 Å². The number of ether oxygens (including phenoxy) is 2. The van der Waals surface area contributed by atoms with Crippen molar-refractivity contribution in [3.05, 3.63) is 0 Å². The molecule has 6 heteroatoms. The summed E-state index contributed by atoms with van der Waals surface area (Å²) in [5.41, 5.74) is 0. The van der Waals surface area contributed by atoms with Crippen LogP contribution in [0.25, 0.3) is 0 Å². The van der Waals surface area contributed by atoms with Crippen molar-refractivity contribution >= 4 is 6.79 Å². The number of aliphatic hydroxyl groups excluding tert-OH is 2. The first kappa shape index (κ1) is 38.2. The van der Waals surface area contributed by atoms with E-state index in [1.807, 2.05) is 13.7 Å². The van der Waals surface area contributed by atoms with Crippen LogP contribution in [0.4, 0.5) is 0 Å². The molecule has 0 aromatic rings. The highest BCUT2D eigenvalue weighted by atomic mass is 16.7. The topological polar surface area (TPSA) is 107 Å². The van der Waals surface area contributed by atoms with Gasteiger partial charge in [-0.15, -0.1) is 0 Å². The molecule has 4 unspecified atom stereocenters. The average Bonchev–Trinajstić information content (AvgIpc) is 2.41. The van der Waals surface area contributed by atoms with Crippen molar-refractivity contribution in [1.29, 1.82) is 0 Å². The maximum atomic E-state index is 8.87. The van der Waals surface area contributed by atoms with Gasteiger partial charge in [-0.3, -0.25) is 0 Å². The Balaban J connectivity index is -0.0000000368. The molecule has 1 saturated heterocycles. The molecule has 0 aliphatic carbocycles. The normalized spacial score (nSPS) is 20.8. The summed E-state index contributed by atoms with van der Waals surface area (Å²) in [7, 11) is 0. The van der Waals surface area contributed by atoms with E-state index in [4.69, 9.17) is 24.5 Å².